The first-order valence-electron chi connectivity index (χ1n) is 10.2. The molecule has 0 amide bonds. The van der Waals surface area contributed by atoms with E-state index >= 15 is 0 Å². The van der Waals surface area contributed by atoms with Gasteiger partial charge in [0.15, 0.2) is 0 Å². The number of aromatic nitrogens is 2. The number of rotatable bonds is 8. The average Bonchev–Trinajstić information content (AvgIpc) is 3.09. The van der Waals surface area contributed by atoms with E-state index in [1.165, 1.54) is 10.8 Å². The van der Waals surface area contributed by atoms with E-state index in [9.17, 15) is 0 Å². The number of halogens is 1. The van der Waals surface area contributed by atoms with E-state index in [4.69, 9.17) is 21.3 Å². The third kappa shape index (κ3) is 4.39. The Hall–Kier alpha value is -2.56. The predicted octanol–water partition coefficient (Wildman–Crippen LogP) is 5.76. The molecule has 0 atom stereocenters. The molecule has 0 aliphatic heterocycles. The first-order valence-corrected chi connectivity index (χ1v) is 10.5. The summed E-state index contributed by atoms with van der Waals surface area (Å²) in [7, 11) is 0. The summed E-state index contributed by atoms with van der Waals surface area (Å²) in [5.74, 6) is 1.77. The van der Waals surface area contributed by atoms with Crippen molar-refractivity contribution in [1.29, 1.82) is 0 Å². The Morgan fingerprint density at radius 1 is 0.966 bits per heavy atom. The third-order valence-electron chi connectivity index (χ3n) is 5.41. The van der Waals surface area contributed by atoms with E-state index in [-0.39, 0.29) is 0 Å². The molecule has 3 aromatic carbocycles. The van der Waals surface area contributed by atoms with Crippen LogP contribution in [0.1, 0.15) is 19.7 Å². The van der Waals surface area contributed by atoms with Crippen molar-refractivity contribution in [1.82, 2.24) is 14.5 Å². The van der Waals surface area contributed by atoms with Crippen LogP contribution in [0.2, 0.25) is 5.02 Å². The fourth-order valence-corrected chi connectivity index (χ4v) is 3.87. The van der Waals surface area contributed by atoms with Crippen LogP contribution in [0.25, 0.3) is 21.8 Å². The van der Waals surface area contributed by atoms with Gasteiger partial charge in [0, 0.05) is 18.1 Å². The highest BCUT2D eigenvalue weighted by atomic mass is 35.5. The zero-order valence-electron chi connectivity index (χ0n) is 16.9. The summed E-state index contributed by atoms with van der Waals surface area (Å²) in [6.45, 7) is 8.73. The number of benzene rings is 3. The number of nitrogens with zero attached hydrogens (tertiary/aromatic N) is 3. The Morgan fingerprint density at radius 2 is 1.76 bits per heavy atom. The number of fused-ring (bicyclic) bond motifs is 2. The summed E-state index contributed by atoms with van der Waals surface area (Å²) >= 11 is 6.19. The average molecular weight is 408 g/mol. The molecule has 0 radical (unpaired) electrons. The van der Waals surface area contributed by atoms with Crippen LogP contribution in [0, 0.1) is 0 Å². The summed E-state index contributed by atoms with van der Waals surface area (Å²) in [4.78, 5) is 7.23. The van der Waals surface area contributed by atoms with Gasteiger partial charge in [-0.1, -0.05) is 55.8 Å². The standard InChI is InChI=1S/C24H26ClN3O/c1-3-27(4-2)13-14-28-23-12-10-20(25)16-22(23)26-24(28)17-29-21-11-9-18-7-5-6-8-19(18)15-21/h5-12,15-16H,3-4,13-14,17H2,1-2H3. The van der Waals surface area contributed by atoms with Gasteiger partial charge in [0.25, 0.3) is 0 Å². The molecule has 0 aliphatic carbocycles. The summed E-state index contributed by atoms with van der Waals surface area (Å²) < 4.78 is 8.39. The molecule has 0 saturated carbocycles. The Morgan fingerprint density at radius 3 is 2.55 bits per heavy atom. The van der Waals surface area contributed by atoms with Gasteiger partial charge in [-0.2, -0.15) is 0 Å². The van der Waals surface area contributed by atoms with Crippen LogP contribution in [0.15, 0.2) is 60.7 Å². The third-order valence-corrected chi connectivity index (χ3v) is 5.65. The zero-order chi connectivity index (χ0) is 20.2. The highest BCUT2D eigenvalue weighted by molar-refractivity contribution is 6.31. The highest BCUT2D eigenvalue weighted by Crippen LogP contribution is 2.24. The molecule has 4 aromatic rings. The maximum absolute atomic E-state index is 6.19. The van der Waals surface area contributed by atoms with Crippen LogP contribution >= 0.6 is 11.6 Å². The lowest BCUT2D eigenvalue weighted by Crippen LogP contribution is -2.27. The van der Waals surface area contributed by atoms with Gasteiger partial charge in [-0.15, -0.1) is 0 Å². The monoisotopic (exact) mass is 407 g/mol. The second-order valence-electron chi connectivity index (χ2n) is 7.14. The Balaban J connectivity index is 1.59. The van der Waals surface area contributed by atoms with Crippen LogP contribution in [-0.2, 0) is 13.2 Å². The Kier molecular flexibility index (Phi) is 6.02. The van der Waals surface area contributed by atoms with E-state index < -0.39 is 0 Å². The number of imidazole rings is 1. The van der Waals surface area contributed by atoms with Crippen LogP contribution in [0.4, 0.5) is 0 Å². The van der Waals surface area contributed by atoms with Crippen molar-refractivity contribution in [3.8, 4) is 5.75 Å². The molecule has 0 bridgehead atoms. The van der Waals surface area contributed by atoms with Crippen LogP contribution in [0.3, 0.4) is 0 Å². The molecule has 29 heavy (non-hydrogen) atoms. The predicted molar refractivity (Wildman–Crippen MR) is 121 cm³/mol. The summed E-state index contributed by atoms with van der Waals surface area (Å²) in [5, 5.41) is 3.08. The van der Waals surface area contributed by atoms with Gasteiger partial charge in [0.05, 0.1) is 11.0 Å². The Labute approximate surface area is 176 Å². The van der Waals surface area contributed by atoms with Crippen molar-refractivity contribution in [2.24, 2.45) is 0 Å². The van der Waals surface area contributed by atoms with Crippen LogP contribution < -0.4 is 4.74 Å². The number of likely N-dealkylation sites (N-methyl/N-ethyl adjacent to an activating group) is 1. The second kappa shape index (κ2) is 8.85. The molecule has 150 valence electrons. The molecule has 0 unspecified atom stereocenters. The highest BCUT2D eigenvalue weighted by Gasteiger charge is 2.13. The minimum absolute atomic E-state index is 0.420. The smallest absolute Gasteiger partial charge is 0.148 e. The van der Waals surface area contributed by atoms with Crippen LogP contribution in [0.5, 0.6) is 5.75 Å². The first kappa shape index (κ1) is 19.7. The molecule has 0 fully saturated rings. The van der Waals surface area contributed by atoms with Gasteiger partial charge in [-0.05, 0) is 54.2 Å². The van der Waals surface area contributed by atoms with Gasteiger partial charge in [-0.25, -0.2) is 4.98 Å². The summed E-state index contributed by atoms with van der Waals surface area (Å²) in [5.41, 5.74) is 2.01. The molecule has 1 aromatic heterocycles. The molecule has 0 saturated heterocycles. The Bertz CT molecular complexity index is 1120. The number of hydrogen-bond donors (Lipinski definition) is 0. The van der Waals surface area contributed by atoms with E-state index in [1.54, 1.807) is 0 Å². The van der Waals surface area contributed by atoms with Gasteiger partial charge in [0.1, 0.15) is 18.2 Å². The van der Waals surface area contributed by atoms with Crippen molar-refractivity contribution in [3.05, 3.63) is 71.5 Å². The maximum Gasteiger partial charge on any atom is 0.148 e. The molecule has 0 spiro atoms. The van der Waals surface area contributed by atoms with Crippen molar-refractivity contribution < 1.29 is 4.74 Å². The van der Waals surface area contributed by atoms with E-state index in [0.29, 0.717) is 11.6 Å². The van der Waals surface area contributed by atoms with Crippen molar-refractivity contribution in [2.75, 3.05) is 19.6 Å². The minimum Gasteiger partial charge on any atom is -0.486 e. The SMILES string of the molecule is CCN(CC)CCn1c(COc2ccc3ccccc3c2)nc2cc(Cl)ccc21. The van der Waals surface area contributed by atoms with Gasteiger partial charge < -0.3 is 14.2 Å². The number of ether oxygens (including phenoxy) is 1. The summed E-state index contributed by atoms with van der Waals surface area (Å²) in [6.07, 6.45) is 0. The van der Waals surface area contributed by atoms with E-state index in [2.05, 4.69) is 47.6 Å². The lowest BCUT2D eigenvalue weighted by molar-refractivity contribution is 0.271. The molecule has 1 heterocycles. The van der Waals surface area contributed by atoms with Crippen molar-refractivity contribution >= 4 is 33.4 Å². The van der Waals surface area contributed by atoms with E-state index in [0.717, 1.165) is 48.8 Å². The quantitative estimate of drug-likeness (QED) is 0.371. The summed E-state index contributed by atoms with van der Waals surface area (Å²) in [6, 6.07) is 20.4. The maximum atomic E-state index is 6.19. The van der Waals surface area contributed by atoms with E-state index in [1.807, 2.05) is 36.4 Å². The molecule has 4 nitrogen and oxygen atoms in total. The lowest BCUT2D eigenvalue weighted by atomic mass is 10.1. The molecule has 0 aliphatic rings. The molecule has 0 N–H and O–H groups in total. The second-order valence-corrected chi connectivity index (χ2v) is 7.57. The first-order chi connectivity index (χ1) is 14.2. The van der Waals surface area contributed by atoms with Gasteiger partial charge in [0.2, 0.25) is 0 Å². The largest absolute Gasteiger partial charge is 0.486 e. The molecular weight excluding hydrogens is 382 g/mol. The fraction of sp³-hybridized carbons (Fsp3) is 0.292. The van der Waals surface area contributed by atoms with Gasteiger partial charge >= 0.3 is 0 Å². The fourth-order valence-electron chi connectivity index (χ4n) is 3.70. The molecular formula is C24H26ClN3O. The lowest BCUT2D eigenvalue weighted by Gasteiger charge is -2.19. The normalized spacial score (nSPS) is 11.6. The molecule has 4 rings (SSSR count). The van der Waals surface area contributed by atoms with Gasteiger partial charge in [-0.3, -0.25) is 0 Å². The topological polar surface area (TPSA) is 30.3 Å². The minimum atomic E-state index is 0.420. The molecule has 5 heteroatoms. The van der Waals surface area contributed by atoms with Crippen molar-refractivity contribution in [3.63, 3.8) is 0 Å². The van der Waals surface area contributed by atoms with Crippen molar-refractivity contribution in [2.45, 2.75) is 27.0 Å². The zero-order valence-corrected chi connectivity index (χ0v) is 17.7. The number of hydrogen-bond acceptors (Lipinski definition) is 3. The van der Waals surface area contributed by atoms with Crippen LogP contribution in [-0.4, -0.2) is 34.1 Å².